The van der Waals surface area contributed by atoms with Gasteiger partial charge in [0.2, 0.25) is 0 Å². The maximum absolute atomic E-state index is 13.1. The quantitative estimate of drug-likeness (QED) is 0.743. The number of hydrogen-bond acceptors (Lipinski definition) is 3. The number of hydrogen-bond donors (Lipinski definition) is 0. The van der Waals surface area contributed by atoms with E-state index in [1.54, 1.807) is 0 Å². The summed E-state index contributed by atoms with van der Waals surface area (Å²) in [4.78, 5) is 0. The van der Waals surface area contributed by atoms with Gasteiger partial charge in [0.1, 0.15) is 5.75 Å². The molecule has 2 rings (SSSR count). The van der Waals surface area contributed by atoms with E-state index in [4.69, 9.17) is 23.2 Å². The fourth-order valence-corrected chi connectivity index (χ4v) is 2.39. The smallest absolute Gasteiger partial charge is 0.420 e. The standard InChI is InChI=1S/C9H4Cl3F3N2OS/c10-8(11,13)19-17-7-2-1-6(18-9(12,14)15)3-5(7)4-16-17/h1-4H. The SMILES string of the molecule is FC(F)(Cl)Oc1ccc2c(cnn2SC(F)(Cl)Cl)c1. The lowest BCUT2D eigenvalue weighted by Crippen LogP contribution is -2.15. The van der Waals surface area contributed by atoms with Gasteiger partial charge in [-0.1, -0.05) is 23.2 Å². The predicted octanol–water partition coefficient (Wildman–Crippen LogP) is 4.76. The largest absolute Gasteiger partial charge is 0.487 e. The van der Waals surface area contributed by atoms with Gasteiger partial charge >= 0.3 is 9.49 Å². The van der Waals surface area contributed by atoms with E-state index in [0.29, 0.717) is 22.9 Å². The molecule has 0 aliphatic heterocycles. The molecule has 0 aliphatic carbocycles. The number of benzene rings is 1. The molecule has 0 N–H and O–H groups in total. The molecule has 0 fully saturated rings. The number of nitrogens with zero attached hydrogens (tertiary/aromatic N) is 2. The lowest BCUT2D eigenvalue weighted by Gasteiger charge is -2.11. The molecule has 0 aliphatic rings. The molecule has 104 valence electrons. The van der Waals surface area contributed by atoms with Crippen LogP contribution in [-0.4, -0.2) is 18.7 Å². The van der Waals surface area contributed by atoms with Gasteiger partial charge in [0.05, 0.1) is 23.7 Å². The minimum absolute atomic E-state index is 0.152. The topological polar surface area (TPSA) is 27.1 Å². The van der Waals surface area contributed by atoms with E-state index in [1.807, 2.05) is 0 Å². The van der Waals surface area contributed by atoms with Crippen LogP contribution in [0.1, 0.15) is 0 Å². The Kier molecular flexibility index (Phi) is 4.02. The minimum Gasteiger partial charge on any atom is -0.420 e. The maximum atomic E-state index is 13.1. The van der Waals surface area contributed by atoms with Crippen LogP contribution in [0.2, 0.25) is 0 Å². The first-order valence-electron chi connectivity index (χ1n) is 4.64. The van der Waals surface area contributed by atoms with Crippen LogP contribution in [0.5, 0.6) is 5.75 Å². The number of ether oxygens (including phenoxy) is 1. The molecule has 1 aromatic carbocycles. The van der Waals surface area contributed by atoms with E-state index in [9.17, 15) is 13.2 Å². The molecule has 0 saturated heterocycles. The number of fused-ring (bicyclic) bond motifs is 1. The summed E-state index contributed by atoms with van der Waals surface area (Å²) in [5.41, 5.74) is -3.38. The molecule has 10 heteroatoms. The summed E-state index contributed by atoms with van der Waals surface area (Å²) in [7, 11) is 0. The Hall–Kier alpha value is -0.500. The molecule has 0 unspecified atom stereocenters. The van der Waals surface area contributed by atoms with Gasteiger partial charge in [0.15, 0.2) is 0 Å². The molecule has 0 bridgehead atoms. The highest BCUT2D eigenvalue weighted by Gasteiger charge is 2.28. The average molecular weight is 352 g/mol. The fraction of sp³-hybridized carbons (Fsp3) is 0.222. The van der Waals surface area contributed by atoms with Crippen molar-refractivity contribution < 1.29 is 17.9 Å². The Balaban J connectivity index is 2.32. The van der Waals surface area contributed by atoms with Crippen LogP contribution in [0.4, 0.5) is 13.2 Å². The van der Waals surface area contributed by atoms with Gasteiger partial charge in [-0.05, 0) is 18.2 Å². The minimum atomic E-state index is -3.81. The summed E-state index contributed by atoms with van der Waals surface area (Å²) in [5, 5.41) is 4.25. The Morgan fingerprint density at radius 3 is 2.47 bits per heavy atom. The van der Waals surface area contributed by atoms with Crippen molar-refractivity contribution in [3.63, 3.8) is 0 Å². The third-order valence-electron chi connectivity index (χ3n) is 1.93. The first-order valence-corrected chi connectivity index (χ1v) is 6.54. The molecule has 0 spiro atoms. The van der Waals surface area contributed by atoms with Gasteiger partial charge in [0, 0.05) is 17.0 Å². The molecular weight excluding hydrogens is 348 g/mol. The molecule has 0 amide bonds. The van der Waals surface area contributed by atoms with Gasteiger partial charge in [0.25, 0.3) is 0 Å². The van der Waals surface area contributed by atoms with Crippen molar-refractivity contribution in [2.24, 2.45) is 0 Å². The number of rotatable bonds is 4. The molecule has 3 nitrogen and oxygen atoms in total. The molecule has 0 atom stereocenters. The second-order valence-electron chi connectivity index (χ2n) is 3.32. The molecule has 2 aromatic rings. The van der Waals surface area contributed by atoms with Crippen molar-refractivity contribution in [2.45, 2.75) is 9.49 Å². The Labute approximate surface area is 124 Å². The van der Waals surface area contributed by atoms with Crippen LogP contribution in [0.15, 0.2) is 24.4 Å². The summed E-state index contributed by atoms with van der Waals surface area (Å²) >= 11 is 15.5. The predicted molar refractivity (Wildman–Crippen MR) is 69.7 cm³/mol. The van der Waals surface area contributed by atoms with Crippen LogP contribution < -0.4 is 4.74 Å². The van der Waals surface area contributed by atoms with Crippen molar-refractivity contribution in [3.8, 4) is 5.75 Å². The average Bonchev–Trinajstić information content (AvgIpc) is 2.56. The number of halogens is 6. The van der Waals surface area contributed by atoms with Gasteiger partial charge < -0.3 is 4.74 Å². The van der Waals surface area contributed by atoms with Crippen molar-refractivity contribution in [1.82, 2.24) is 9.19 Å². The first kappa shape index (κ1) is 14.9. The molecule has 19 heavy (non-hydrogen) atoms. The highest BCUT2D eigenvalue weighted by molar-refractivity contribution is 8.01. The van der Waals surface area contributed by atoms with Crippen LogP contribution in [-0.2, 0) is 0 Å². The van der Waals surface area contributed by atoms with E-state index in [2.05, 4.69) is 21.4 Å². The summed E-state index contributed by atoms with van der Waals surface area (Å²) < 4.78 is 40.8. The summed E-state index contributed by atoms with van der Waals surface area (Å²) in [5.74, 6) is -0.152. The highest BCUT2D eigenvalue weighted by atomic mass is 35.5. The monoisotopic (exact) mass is 350 g/mol. The van der Waals surface area contributed by atoms with Gasteiger partial charge in [-0.2, -0.15) is 9.49 Å². The summed E-state index contributed by atoms with van der Waals surface area (Å²) in [6, 6.07) is 3.91. The zero-order valence-corrected chi connectivity index (χ0v) is 11.9. The highest BCUT2D eigenvalue weighted by Crippen LogP contribution is 2.38. The van der Waals surface area contributed by atoms with E-state index < -0.39 is 9.49 Å². The lowest BCUT2D eigenvalue weighted by molar-refractivity contribution is -0.0963. The fourth-order valence-electron chi connectivity index (χ4n) is 1.35. The van der Waals surface area contributed by atoms with Gasteiger partial charge in [-0.15, -0.1) is 8.78 Å². The Morgan fingerprint density at radius 1 is 1.21 bits per heavy atom. The van der Waals surface area contributed by atoms with Crippen LogP contribution in [0, 0.1) is 0 Å². The number of aromatic nitrogens is 2. The first-order chi connectivity index (χ1) is 8.64. The van der Waals surface area contributed by atoms with Gasteiger partial charge in [-0.25, -0.2) is 4.09 Å². The second-order valence-corrected chi connectivity index (χ2v) is 6.54. The van der Waals surface area contributed by atoms with Crippen LogP contribution in [0.25, 0.3) is 10.9 Å². The zero-order valence-electron chi connectivity index (χ0n) is 8.79. The van der Waals surface area contributed by atoms with Gasteiger partial charge in [-0.3, -0.25) is 0 Å². The van der Waals surface area contributed by atoms with Crippen molar-refractivity contribution in [1.29, 1.82) is 0 Å². The molecule has 1 aromatic heterocycles. The third kappa shape index (κ3) is 4.24. The third-order valence-corrected chi connectivity index (χ3v) is 3.09. The molecule has 0 saturated carbocycles. The Morgan fingerprint density at radius 2 is 1.89 bits per heavy atom. The van der Waals surface area contributed by atoms with Crippen molar-refractivity contribution >= 4 is 57.7 Å². The molecular formula is C9H4Cl3F3N2OS. The van der Waals surface area contributed by atoms with E-state index in [-0.39, 0.29) is 5.75 Å². The van der Waals surface area contributed by atoms with Crippen LogP contribution >= 0.6 is 46.8 Å². The Bertz CT molecular complexity index is 596. The summed E-state index contributed by atoms with van der Waals surface area (Å²) in [6.07, 6.45) is 1.32. The molecule has 1 heterocycles. The summed E-state index contributed by atoms with van der Waals surface area (Å²) in [6.45, 7) is 0. The molecule has 0 radical (unpaired) electrons. The second kappa shape index (κ2) is 5.12. The van der Waals surface area contributed by atoms with Crippen LogP contribution in [0.3, 0.4) is 0 Å². The van der Waals surface area contributed by atoms with Crippen molar-refractivity contribution in [2.75, 3.05) is 0 Å². The van der Waals surface area contributed by atoms with E-state index >= 15 is 0 Å². The van der Waals surface area contributed by atoms with Crippen molar-refractivity contribution in [3.05, 3.63) is 24.4 Å². The zero-order chi connectivity index (χ0) is 14.3. The number of alkyl halides is 6. The normalized spacial score (nSPS) is 12.9. The van der Waals surface area contributed by atoms with E-state index in [1.165, 1.54) is 24.4 Å². The lowest BCUT2D eigenvalue weighted by atomic mass is 10.2. The maximum Gasteiger partial charge on any atom is 0.487 e. The van der Waals surface area contributed by atoms with E-state index in [0.717, 1.165) is 4.09 Å².